The minimum Gasteiger partial charge on any atom is -0.353 e. The van der Waals surface area contributed by atoms with Crippen LogP contribution in [0.2, 0.25) is 0 Å². The molecule has 1 amide bonds. The Kier molecular flexibility index (Phi) is 10.8. The Bertz CT molecular complexity index is 372. The van der Waals surface area contributed by atoms with Gasteiger partial charge in [0.1, 0.15) is 12.2 Å². The molecule has 2 atom stereocenters. The van der Waals surface area contributed by atoms with E-state index in [4.69, 9.17) is 5.73 Å². The number of hydrogen-bond donors (Lipinski definition) is 2. The molecule has 1 aromatic heterocycles. The summed E-state index contributed by atoms with van der Waals surface area (Å²) in [6, 6.07) is -0.429. The predicted molar refractivity (Wildman–Crippen MR) is 79.7 cm³/mol. The second kappa shape index (κ2) is 10.00. The van der Waals surface area contributed by atoms with Crippen molar-refractivity contribution >= 4 is 30.7 Å². The normalized spacial score (nSPS) is 12.8. The van der Waals surface area contributed by atoms with Crippen LogP contribution in [0.15, 0.2) is 6.33 Å². The van der Waals surface area contributed by atoms with Gasteiger partial charge in [-0.05, 0) is 12.8 Å². The third-order valence-corrected chi connectivity index (χ3v) is 3.02. The van der Waals surface area contributed by atoms with Gasteiger partial charge >= 0.3 is 0 Å². The molecule has 1 heterocycles. The van der Waals surface area contributed by atoms with Gasteiger partial charge in [0.15, 0.2) is 0 Å². The second-order valence-electron chi connectivity index (χ2n) is 4.27. The van der Waals surface area contributed by atoms with Crippen LogP contribution in [-0.4, -0.2) is 33.3 Å². The molecule has 0 aliphatic heterocycles. The number of nitrogens with two attached hydrogens (primary N) is 1. The van der Waals surface area contributed by atoms with Gasteiger partial charge in [-0.1, -0.05) is 20.3 Å². The zero-order chi connectivity index (χ0) is 12.8. The molecule has 6 nitrogen and oxygen atoms in total. The molecule has 19 heavy (non-hydrogen) atoms. The summed E-state index contributed by atoms with van der Waals surface area (Å²) in [6.45, 7) is 7.09. The summed E-state index contributed by atoms with van der Waals surface area (Å²) >= 11 is 0. The molecule has 0 aliphatic carbocycles. The van der Waals surface area contributed by atoms with Crippen LogP contribution < -0.4 is 11.1 Å². The summed E-state index contributed by atoms with van der Waals surface area (Å²) in [5, 5.41) is 10.5. The Balaban J connectivity index is 0. The Labute approximate surface area is 126 Å². The number of amides is 1. The maximum atomic E-state index is 11.7. The first kappa shape index (κ1) is 20.5. The van der Waals surface area contributed by atoms with Crippen LogP contribution in [0.25, 0.3) is 0 Å². The summed E-state index contributed by atoms with van der Waals surface area (Å²) in [4.78, 5) is 11.7. The van der Waals surface area contributed by atoms with Crippen molar-refractivity contribution in [1.29, 1.82) is 0 Å². The van der Waals surface area contributed by atoms with Crippen LogP contribution in [0.4, 0.5) is 0 Å². The van der Waals surface area contributed by atoms with Crippen molar-refractivity contribution in [3.63, 3.8) is 0 Å². The molecule has 2 unspecified atom stereocenters. The number of carbonyl (C=O) groups is 1. The first-order valence-electron chi connectivity index (χ1n) is 5.94. The van der Waals surface area contributed by atoms with E-state index >= 15 is 0 Å². The van der Waals surface area contributed by atoms with Gasteiger partial charge in [0.25, 0.3) is 0 Å². The lowest BCUT2D eigenvalue weighted by Crippen LogP contribution is -2.45. The minimum atomic E-state index is -0.429. The van der Waals surface area contributed by atoms with Crippen LogP contribution in [0, 0.1) is 12.8 Å². The summed E-state index contributed by atoms with van der Waals surface area (Å²) in [5.41, 5.74) is 5.82. The van der Waals surface area contributed by atoms with Crippen molar-refractivity contribution in [1.82, 2.24) is 20.1 Å². The van der Waals surface area contributed by atoms with Crippen LogP contribution in [0.3, 0.4) is 0 Å². The monoisotopic (exact) mass is 311 g/mol. The van der Waals surface area contributed by atoms with E-state index in [2.05, 4.69) is 15.5 Å². The van der Waals surface area contributed by atoms with Gasteiger partial charge < -0.3 is 15.6 Å². The lowest BCUT2D eigenvalue weighted by molar-refractivity contribution is -0.123. The molecule has 8 heteroatoms. The van der Waals surface area contributed by atoms with Gasteiger partial charge in [0.05, 0.1) is 6.04 Å². The fraction of sp³-hybridized carbons (Fsp3) is 0.727. The van der Waals surface area contributed by atoms with E-state index in [-0.39, 0.29) is 36.6 Å². The van der Waals surface area contributed by atoms with Gasteiger partial charge in [-0.25, -0.2) is 0 Å². The van der Waals surface area contributed by atoms with Crippen LogP contribution >= 0.6 is 24.8 Å². The van der Waals surface area contributed by atoms with Crippen molar-refractivity contribution in [2.75, 3.05) is 6.54 Å². The van der Waals surface area contributed by atoms with Crippen molar-refractivity contribution in [3.8, 4) is 0 Å². The molecule has 0 saturated heterocycles. The molecular formula is C11H23Cl2N5O. The Morgan fingerprint density at radius 3 is 2.63 bits per heavy atom. The van der Waals surface area contributed by atoms with Crippen molar-refractivity contribution in [2.45, 2.75) is 39.8 Å². The summed E-state index contributed by atoms with van der Waals surface area (Å²) < 4.78 is 1.88. The molecule has 0 spiro atoms. The van der Waals surface area contributed by atoms with Crippen LogP contribution in [-0.2, 0) is 11.3 Å². The van der Waals surface area contributed by atoms with Gasteiger partial charge in [0, 0.05) is 13.1 Å². The fourth-order valence-corrected chi connectivity index (χ4v) is 1.46. The molecule has 0 bridgehead atoms. The number of halogens is 2. The number of aromatic nitrogens is 3. The van der Waals surface area contributed by atoms with E-state index in [1.165, 1.54) is 0 Å². The molecule has 1 aromatic rings. The summed E-state index contributed by atoms with van der Waals surface area (Å²) in [6.07, 6.45) is 2.55. The van der Waals surface area contributed by atoms with Crippen LogP contribution in [0.1, 0.15) is 26.1 Å². The lowest BCUT2D eigenvalue weighted by Gasteiger charge is -2.17. The summed E-state index contributed by atoms with van der Waals surface area (Å²) in [5.74, 6) is 0.946. The van der Waals surface area contributed by atoms with E-state index < -0.39 is 6.04 Å². The smallest absolute Gasteiger partial charge is 0.237 e. The third kappa shape index (κ3) is 6.22. The minimum absolute atomic E-state index is 0. The average molecular weight is 312 g/mol. The highest BCUT2D eigenvalue weighted by Crippen LogP contribution is 2.04. The Morgan fingerprint density at radius 2 is 2.16 bits per heavy atom. The van der Waals surface area contributed by atoms with E-state index in [9.17, 15) is 4.79 Å². The number of carbonyl (C=O) groups excluding carboxylic acids is 1. The van der Waals surface area contributed by atoms with Crippen molar-refractivity contribution in [3.05, 3.63) is 12.2 Å². The lowest BCUT2D eigenvalue weighted by atomic mass is 9.99. The summed E-state index contributed by atoms with van der Waals surface area (Å²) in [7, 11) is 0. The molecule has 0 saturated carbocycles. The topological polar surface area (TPSA) is 85.8 Å². The second-order valence-corrected chi connectivity index (χ2v) is 4.27. The first-order valence-corrected chi connectivity index (χ1v) is 5.94. The average Bonchev–Trinajstić information content (AvgIpc) is 2.73. The SMILES string of the molecule is CCC(C)C(N)C(=O)NCCn1cnnc1C.Cl.Cl. The molecule has 1 rings (SSSR count). The number of hydrogen-bond acceptors (Lipinski definition) is 4. The Hall–Kier alpha value is -0.850. The molecular weight excluding hydrogens is 289 g/mol. The fourth-order valence-electron chi connectivity index (χ4n) is 1.46. The van der Waals surface area contributed by atoms with Crippen molar-refractivity contribution in [2.24, 2.45) is 11.7 Å². The quantitative estimate of drug-likeness (QED) is 0.818. The van der Waals surface area contributed by atoms with E-state index in [0.717, 1.165) is 12.2 Å². The molecule has 112 valence electrons. The molecule has 0 aromatic carbocycles. The molecule has 0 fully saturated rings. The largest absolute Gasteiger partial charge is 0.353 e. The van der Waals surface area contributed by atoms with E-state index in [0.29, 0.717) is 13.1 Å². The maximum Gasteiger partial charge on any atom is 0.237 e. The zero-order valence-electron chi connectivity index (χ0n) is 11.5. The van der Waals surface area contributed by atoms with Crippen molar-refractivity contribution < 1.29 is 4.79 Å². The van der Waals surface area contributed by atoms with Gasteiger partial charge in [-0.2, -0.15) is 0 Å². The predicted octanol–water partition coefficient (Wildman–Crippen LogP) is 0.920. The highest BCUT2D eigenvalue weighted by molar-refractivity contribution is 5.85. The highest BCUT2D eigenvalue weighted by atomic mass is 35.5. The van der Waals surface area contributed by atoms with Crippen LogP contribution in [0.5, 0.6) is 0 Å². The number of rotatable bonds is 6. The Morgan fingerprint density at radius 1 is 1.53 bits per heavy atom. The van der Waals surface area contributed by atoms with Gasteiger partial charge in [-0.3, -0.25) is 4.79 Å². The zero-order valence-corrected chi connectivity index (χ0v) is 13.1. The maximum absolute atomic E-state index is 11.7. The molecule has 0 radical (unpaired) electrons. The number of aryl methyl sites for hydroxylation is 1. The molecule has 3 N–H and O–H groups in total. The van der Waals surface area contributed by atoms with E-state index in [1.54, 1.807) is 6.33 Å². The third-order valence-electron chi connectivity index (χ3n) is 3.02. The van der Waals surface area contributed by atoms with Gasteiger partial charge in [0.2, 0.25) is 5.91 Å². The van der Waals surface area contributed by atoms with E-state index in [1.807, 2.05) is 25.3 Å². The highest BCUT2D eigenvalue weighted by Gasteiger charge is 2.18. The standard InChI is InChI=1S/C11H21N5O.2ClH/c1-4-8(2)10(12)11(17)13-5-6-16-7-14-15-9(16)3;;/h7-8,10H,4-6,12H2,1-3H3,(H,13,17);2*1H. The number of nitrogens with zero attached hydrogens (tertiary/aromatic N) is 3. The number of nitrogens with one attached hydrogen (secondary N) is 1. The van der Waals surface area contributed by atoms with Gasteiger partial charge in [-0.15, -0.1) is 35.0 Å². The molecule has 0 aliphatic rings. The first-order chi connectivity index (χ1) is 8.06.